The summed E-state index contributed by atoms with van der Waals surface area (Å²) in [5.41, 5.74) is 0.943. The van der Waals surface area contributed by atoms with E-state index in [0.717, 1.165) is 17.7 Å². The maximum atomic E-state index is 12.8. The van der Waals surface area contributed by atoms with Gasteiger partial charge in [0.2, 0.25) is 0 Å². The highest BCUT2D eigenvalue weighted by atomic mass is 16.5. The Bertz CT molecular complexity index is 669. The first-order valence-corrected chi connectivity index (χ1v) is 7.46. The molecule has 4 nitrogen and oxygen atoms in total. The van der Waals surface area contributed by atoms with Gasteiger partial charge in [0.1, 0.15) is 0 Å². The smallest absolute Gasteiger partial charge is 0.257 e. The van der Waals surface area contributed by atoms with Crippen LogP contribution in [0.15, 0.2) is 47.3 Å². The zero-order valence-corrected chi connectivity index (χ0v) is 13.4. The van der Waals surface area contributed by atoms with Gasteiger partial charge < -0.3 is 14.4 Å². The van der Waals surface area contributed by atoms with Crippen molar-refractivity contribution >= 4 is 0 Å². The molecule has 1 heterocycles. The third-order valence-electron chi connectivity index (χ3n) is 3.63. The second kappa shape index (κ2) is 6.90. The molecule has 2 rings (SSSR count). The van der Waals surface area contributed by atoms with Gasteiger partial charge >= 0.3 is 0 Å². The number of hydrogen-bond donors (Lipinski definition) is 1. The van der Waals surface area contributed by atoms with E-state index < -0.39 is 5.60 Å². The van der Waals surface area contributed by atoms with Gasteiger partial charge in [0, 0.05) is 25.8 Å². The monoisotopic (exact) mass is 301 g/mol. The van der Waals surface area contributed by atoms with Crippen molar-refractivity contribution in [2.45, 2.75) is 32.4 Å². The van der Waals surface area contributed by atoms with E-state index in [-0.39, 0.29) is 5.56 Å². The Morgan fingerprint density at radius 1 is 1.14 bits per heavy atom. The van der Waals surface area contributed by atoms with Gasteiger partial charge in [-0.05, 0) is 38.0 Å². The van der Waals surface area contributed by atoms with Crippen LogP contribution in [0.1, 0.15) is 25.8 Å². The van der Waals surface area contributed by atoms with E-state index in [0.29, 0.717) is 18.7 Å². The minimum atomic E-state index is -1.16. The Balaban J connectivity index is 2.54. The number of nitrogens with zero attached hydrogens (tertiary/aromatic N) is 1. The molecule has 0 amide bonds. The van der Waals surface area contributed by atoms with Crippen molar-refractivity contribution in [3.8, 4) is 11.3 Å². The highest BCUT2D eigenvalue weighted by Crippen LogP contribution is 2.22. The topological polar surface area (TPSA) is 51.5 Å². The minimum Gasteiger partial charge on any atom is -0.386 e. The number of aliphatic hydroxyl groups is 1. The van der Waals surface area contributed by atoms with Crippen molar-refractivity contribution in [2.24, 2.45) is 0 Å². The van der Waals surface area contributed by atoms with Gasteiger partial charge in [0.05, 0.1) is 11.3 Å². The fraction of sp³-hybridized carbons (Fsp3) is 0.389. The van der Waals surface area contributed by atoms with E-state index in [1.54, 1.807) is 31.6 Å². The summed E-state index contributed by atoms with van der Waals surface area (Å²) in [7, 11) is 1.65. The zero-order chi connectivity index (χ0) is 16.2. The van der Waals surface area contributed by atoms with Crippen LogP contribution in [0, 0.1) is 0 Å². The van der Waals surface area contributed by atoms with Crippen molar-refractivity contribution in [2.75, 3.05) is 13.7 Å². The Labute approximate surface area is 131 Å². The molecule has 0 aliphatic rings. The van der Waals surface area contributed by atoms with Gasteiger partial charge in [0.25, 0.3) is 5.56 Å². The normalized spacial score (nSPS) is 11.6. The molecule has 0 saturated heterocycles. The molecule has 0 spiro atoms. The third kappa shape index (κ3) is 3.64. The van der Waals surface area contributed by atoms with E-state index in [2.05, 4.69) is 0 Å². The van der Waals surface area contributed by atoms with E-state index in [4.69, 9.17) is 4.74 Å². The molecule has 0 bridgehead atoms. The second-order valence-corrected chi connectivity index (χ2v) is 5.86. The molecule has 0 radical (unpaired) electrons. The summed E-state index contributed by atoms with van der Waals surface area (Å²) in [6.45, 7) is 4.41. The van der Waals surface area contributed by atoms with Gasteiger partial charge in [-0.3, -0.25) is 4.79 Å². The van der Waals surface area contributed by atoms with Crippen LogP contribution in [-0.2, 0) is 16.9 Å². The molecule has 0 unspecified atom stereocenters. The van der Waals surface area contributed by atoms with Crippen molar-refractivity contribution in [1.29, 1.82) is 0 Å². The molecule has 4 heteroatoms. The van der Waals surface area contributed by atoms with Crippen LogP contribution in [0.3, 0.4) is 0 Å². The third-order valence-corrected chi connectivity index (χ3v) is 3.63. The minimum absolute atomic E-state index is 0.148. The summed E-state index contributed by atoms with van der Waals surface area (Å²) >= 11 is 0. The number of methoxy groups -OCH3 is 1. The molecule has 118 valence electrons. The summed E-state index contributed by atoms with van der Waals surface area (Å²) in [5, 5.41) is 10.2. The largest absolute Gasteiger partial charge is 0.386 e. The highest BCUT2D eigenvalue weighted by Gasteiger charge is 2.22. The maximum absolute atomic E-state index is 12.8. The average Bonchev–Trinajstić information content (AvgIpc) is 2.48. The molecule has 0 fully saturated rings. The molecule has 1 N–H and O–H groups in total. The number of ether oxygens (including phenoxy) is 1. The van der Waals surface area contributed by atoms with Gasteiger partial charge in [-0.15, -0.1) is 0 Å². The van der Waals surface area contributed by atoms with Crippen LogP contribution >= 0.6 is 0 Å². The lowest BCUT2D eigenvalue weighted by molar-refractivity contribution is 0.0764. The summed E-state index contributed by atoms with van der Waals surface area (Å²) in [6.07, 6.45) is 0.742. The van der Waals surface area contributed by atoms with E-state index in [1.165, 1.54) is 0 Å². The second-order valence-electron chi connectivity index (χ2n) is 5.86. The summed E-state index contributed by atoms with van der Waals surface area (Å²) < 4.78 is 6.81. The average molecular weight is 301 g/mol. The fourth-order valence-electron chi connectivity index (χ4n) is 2.49. The quantitative estimate of drug-likeness (QED) is 0.835. The number of hydrogen-bond acceptors (Lipinski definition) is 3. The fourth-order valence-corrected chi connectivity index (χ4v) is 2.49. The van der Waals surface area contributed by atoms with Gasteiger partial charge in [-0.1, -0.05) is 30.3 Å². The van der Waals surface area contributed by atoms with Crippen LogP contribution in [0.2, 0.25) is 0 Å². The Morgan fingerprint density at radius 3 is 2.41 bits per heavy atom. The molecule has 2 aromatic rings. The van der Waals surface area contributed by atoms with E-state index >= 15 is 0 Å². The first-order valence-electron chi connectivity index (χ1n) is 7.46. The Hall–Kier alpha value is -1.91. The van der Waals surface area contributed by atoms with E-state index in [1.807, 2.05) is 36.4 Å². The van der Waals surface area contributed by atoms with Crippen LogP contribution in [0.4, 0.5) is 0 Å². The van der Waals surface area contributed by atoms with Crippen molar-refractivity contribution in [1.82, 2.24) is 4.57 Å². The van der Waals surface area contributed by atoms with Crippen molar-refractivity contribution in [3.05, 3.63) is 58.4 Å². The van der Waals surface area contributed by atoms with Gasteiger partial charge in [-0.25, -0.2) is 0 Å². The van der Waals surface area contributed by atoms with Crippen molar-refractivity contribution < 1.29 is 9.84 Å². The number of benzene rings is 1. The lowest BCUT2D eigenvalue weighted by atomic mass is 9.98. The molecule has 0 aliphatic heterocycles. The summed E-state index contributed by atoms with van der Waals surface area (Å²) in [6, 6.07) is 13.4. The van der Waals surface area contributed by atoms with Crippen molar-refractivity contribution in [3.63, 3.8) is 0 Å². The summed E-state index contributed by atoms with van der Waals surface area (Å²) in [5.74, 6) is 0. The number of rotatable bonds is 6. The molecule has 1 aromatic heterocycles. The van der Waals surface area contributed by atoms with Gasteiger partial charge in [0.15, 0.2) is 0 Å². The molecule has 0 atom stereocenters. The molecule has 22 heavy (non-hydrogen) atoms. The predicted octanol–water partition coefficient (Wildman–Crippen LogP) is 2.78. The van der Waals surface area contributed by atoms with Crippen LogP contribution < -0.4 is 5.56 Å². The van der Waals surface area contributed by atoms with Crippen LogP contribution in [0.25, 0.3) is 11.3 Å². The molecule has 1 aromatic carbocycles. The SMILES string of the molecule is COCCCn1c(-c2ccccc2)ccc(C(C)(C)O)c1=O. The summed E-state index contributed by atoms with van der Waals surface area (Å²) in [4.78, 5) is 12.8. The molecule has 0 aliphatic carbocycles. The number of pyridine rings is 1. The van der Waals surface area contributed by atoms with Crippen LogP contribution in [-0.4, -0.2) is 23.4 Å². The molecule has 0 saturated carbocycles. The Kier molecular flexibility index (Phi) is 5.16. The Morgan fingerprint density at radius 2 is 1.82 bits per heavy atom. The lowest BCUT2D eigenvalue weighted by Gasteiger charge is -2.21. The lowest BCUT2D eigenvalue weighted by Crippen LogP contribution is -2.32. The first kappa shape index (κ1) is 16.5. The van der Waals surface area contributed by atoms with Gasteiger partial charge in [-0.2, -0.15) is 0 Å². The van der Waals surface area contributed by atoms with Crippen LogP contribution in [0.5, 0.6) is 0 Å². The number of aromatic nitrogens is 1. The molecular weight excluding hydrogens is 278 g/mol. The standard InChI is InChI=1S/C18H23NO3/c1-18(2,21)15-10-11-16(14-8-5-4-6-9-14)19(17(15)20)12-7-13-22-3/h4-6,8-11,21H,7,12-13H2,1-3H3. The maximum Gasteiger partial charge on any atom is 0.257 e. The molecular formula is C18H23NO3. The predicted molar refractivity (Wildman–Crippen MR) is 87.9 cm³/mol. The zero-order valence-electron chi connectivity index (χ0n) is 13.4. The van der Waals surface area contributed by atoms with E-state index in [9.17, 15) is 9.90 Å². The highest BCUT2D eigenvalue weighted by molar-refractivity contribution is 5.59. The first-order chi connectivity index (χ1) is 10.4.